The Labute approximate surface area is 108 Å². The first-order chi connectivity index (χ1) is 8.65. The van der Waals surface area contributed by atoms with Crippen LogP contribution < -0.4 is 15.8 Å². The van der Waals surface area contributed by atoms with Crippen LogP contribution in [-0.2, 0) is 0 Å². The van der Waals surface area contributed by atoms with Crippen LogP contribution in [-0.4, -0.2) is 18.6 Å². The third-order valence-corrected chi connectivity index (χ3v) is 3.34. The van der Waals surface area contributed by atoms with Gasteiger partial charge in [0.25, 0.3) is 5.91 Å². The molecule has 1 amide bonds. The Morgan fingerprint density at radius 2 is 2.28 bits per heavy atom. The molecule has 3 N–H and O–H groups in total. The number of nitrogens with two attached hydrogens (primary N) is 1. The van der Waals surface area contributed by atoms with Gasteiger partial charge in [-0.2, -0.15) is 0 Å². The molecule has 1 aliphatic rings. The molecule has 0 aliphatic heterocycles. The molecule has 0 heterocycles. The number of nitrogen functional groups attached to an aromatic ring is 1. The number of hydrogen-bond acceptors (Lipinski definition) is 3. The number of ether oxygens (including phenoxy) is 1. The molecule has 1 aromatic carbocycles. The molecular weight excluding hydrogens is 228 g/mol. The Balaban J connectivity index is 2.00. The Morgan fingerprint density at radius 3 is 2.83 bits per heavy atom. The molecule has 0 spiro atoms. The second kappa shape index (κ2) is 5.29. The lowest BCUT2D eigenvalue weighted by molar-refractivity contribution is 0.0949. The van der Waals surface area contributed by atoms with Gasteiger partial charge in [-0.1, -0.05) is 13.3 Å². The molecule has 18 heavy (non-hydrogen) atoms. The van der Waals surface area contributed by atoms with Gasteiger partial charge in [0.2, 0.25) is 0 Å². The van der Waals surface area contributed by atoms with E-state index in [0.29, 0.717) is 35.6 Å². The molecule has 1 aromatic rings. The van der Waals surface area contributed by atoms with Crippen molar-refractivity contribution in [2.75, 3.05) is 12.3 Å². The average Bonchev–Trinajstić information content (AvgIpc) is 3.10. The van der Waals surface area contributed by atoms with E-state index in [9.17, 15) is 4.79 Å². The average molecular weight is 248 g/mol. The highest BCUT2D eigenvalue weighted by Gasteiger charge is 2.36. The molecule has 0 aromatic heterocycles. The number of carbonyl (C=O) groups excluding carboxylic acids is 1. The molecule has 4 nitrogen and oxygen atoms in total. The molecule has 2 atom stereocenters. The topological polar surface area (TPSA) is 64.3 Å². The molecule has 4 heteroatoms. The van der Waals surface area contributed by atoms with Gasteiger partial charge in [-0.15, -0.1) is 0 Å². The van der Waals surface area contributed by atoms with Crippen LogP contribution in [0.3, 0.4) is 0 Å². The summed E-state index contributed by atoms with van der Waals surface area (Å²) < 4.78 is 5.34. The van der Waals surface area contributed by atoms with E-state index in [1.807, 2.05) is 6.92 Å². The van der Waals surface area contributed by atoms with E-state index < -0.39 is 0 Å². The van der Waals surface area contributed by atoms with Gasteiger partial charge in [0.15, 0.2) is 0 Å². The Kier molecular flexibility index (Phi) is 3.75. The molecule has 0 saturated heterocycles. The first kappa shape index (κ1) is 12.7. The van der Waals surface area contributed by atoms with Crippen LogP contribution in [0, 0.1) is 5.92 Å². The van der Waals surface area contributed by atoms with Crippen molar-refractivity contribution in [1.82, 2.24) is 5.32 Å². The summed E-state index contributed by atoms with van der Waals surface area (Å²) in [4.78, 5) is 12.0. The van der Waals surface area contributed by atoms with E-state index in [2.05, 4.69) is 12.2 Å². The molecule has 98 valence electrons. The van der Waals surface area contributed by atoms with Crippen molar-refractivity contribution in [2.24, 2.45) is 5.92 Å². The maximum absolute atomic E-state index is 12.0. The van der Waals surface area contributed by atoms with Crippen LogP contribution in [0.25, 0.3) is 0 Å². The number of benzene rings is 1. The molecule has 2 rings (SSSR count). The number of anilines is 1. The largest absolute Gasteiger partial charge is 0.492 e. The minimum atomic E-state index is -0.0503. The monoisotopic (exact) mass is 248 g/mol. The molecule has 0 bridgehead atoms. The first-order valence-electron chi connectivity index (χ1n) is 6.48. The second-order valence-electron chi connectivity index (χ2n) is 4.67. The van der Waals surface area contributed by atoms with Crippen LogP contribution >= 0.6 is 0 Å². The fourth-order valence-electron chi connectivity index (χ4n) is 2.10. The summed E-state index contributed by atoms with van der Waals surface area (Å²) in [7, 11) is 0. The second-order valence-corrected chi connectivity index (χ2v) is 4.67. The van der Waals surface area contributed by atoms with Crippen molar-refractivity contribution in [3.05, 3.63) is 23.8 Å². The summed E-state index contributed by atoms with van der Waals surface area (Å²) >= 11 is 0. The lowest BCUT2D eigenvalue weighted by atomic mass is 10.1. The predicted octanol–water partition coefficient (Wildman–Crippen LogP) is 2.20. The van der Waals surface area contributed by atoms with Gasteiger partial charge < -0.3 is 15.8 Å². The Hall–Kier alpha value is -1.71. The lowest BCUT2D eigenvalue weighted by Gasteiger charge is -2.09. The number of amides is 1. The summed E-state index contributed by atoms with van der Waals surface area (Å²) in [5, 5.41) is 3.01. The van der Waals surface area contributed by atoms with Gasteiger partial charge >= 0.3 is 0 Å². The van der Waals surface area contributed by atoms with Crippen LogP contribution in [0.1, 0.15) is 37.0 Å². The maximum Gasteiger partial charge on any atom is 0.251 e. The van der Waals surface area contributed by atoms with E-state index in [0.717, 1.165) is 12.8 Å². The Morgan fingerprint density at radius 1 is 1.50 bits per heavy atom. The smallest absolute Gasteiger partial charge is 0.251 e. The molecule has 0 radical (unpaired) electrons. The number of nitrogens with one attached hydrogen (secondary N) is 1. The van der Waals surface area contributed by atoms with Gasteiger partial charge in [0.05, 0.1) is 12.3 Å². The number of hydrogen-bond donors (Lipinski definition) is 2. The quantitative estimate of drug-likeness (QED) is 0.785. The summed E-state index contributed by atoms with van der Waals surface area (Å²) in [6.07, 6.45) is 2.21. The highest BCUT2D eigenvalue weighted by molar-refractivity contribution is 5.95. The molecule has 2 unspecified atom stereocenters. The van der Waals surface area contributed by atoms with Crippen LogP contribution in [0.15, 0.2) is 18.2 Å². The Bertz CT molecular complexity index is 445. The zero-order valence-corrected chi connectivity index (χ0v) is 10.9. The van der Waals surface area contributed by atoms with Crippen LogP contribution in [0.2, 0.25) is 0 Å². The van der Waals surface area contributed by atoms with Crippen LogP contribution in [0.5, 0.6) is 5.75 Å². The standard InChI is InChI=1S/C14H20N2O2/c1-3-9-8-12(9)16-14(17)10-5-6-13(18-4-2)11(15)7-10/h5-7,9,12H,3-4,8,15H2,1-2H3,(H,16,17). The summed E-state index contributed by atoms with van der Waals surface area (Å²) in [5.74, 6) is 1.23. The highest BCUT2D eigenvalue weighted by Crippen LogP contribution is 2.33. The minimum Gasteiger partial charge on any atom is -0.492 e. The van der Waals surface area contributed by atoms with E-state index in [4.69, 9.17) is 10.5 Å². The van der Waals surface area contributed by atoms with E-state index in [-0.39, 0.29) is 5.91 Å². The maximum atomic E-state index is 12.0. The van der Waals surface area contributed by atoms with Gasteiger partial charge in [-0.25, -0.2) is 0 Å². The highest BCUT2D eigenvalue weighted by atomic mass is 16.5. The zero-order chi connectivity index (χ0) is 13.1. The fourth-order valence-corrected chi connectivity index (χ4v) is 2.10. The molecule has 1 fully saturated rings. The number of carbonyl (C=O) groups is 1. The lowest BCUT2D eigenvalue weighted by Crippen LogP contribution is -2.26. The van der Waals surface area contributed by atoms with Gasteiger partial charge in [0, 0.05) is 11.6 Å². The van der Waals surface area contributed by atoms with E-state index in [1.54, 1.807) is 18.2 Å². The summed E-state index contributed by atoms with van der Waals surface area (Å²) in [6.45, 7) is 4.61. The summed E-state index contributed by atoms with van der Waals surface area (Å²) in [6, 6.07) is 5.51. The third-order valence-electron chi connectivity index (χ3n) is 3.34. The SMILES string of the molecule is CCOc1ccc(C(=O)NC2CC2CC)cc1N. The third kappa shape index (κ3) is 2.75. The molecular formula is C14H20N2O2. The van der Waals surface area contributed by atoms with Crippen molar-refractivity contribution >= 4 is 11.6 Å². The zero-order valence-electron chi connectivity index (χ0n) is 10.9. The first-order valence-corrected chi connectivity index (χ1v) is 6.48. The van der Waals surface area contributed by atoms with Crippen molar-refractivity contribution in [3.63, 3.8) is 0 Å². The van der Waals surface area contributed by atoms with Crippen molar-refractivity contribution in [3.8, 4) is 5.75 Å². The summed E-state index contributed by atoms with van der Waals surface area (Å²) in [5.41, 5.74) is 6.94. The normalized spacial score (nSPS) is 21.4. The minimum absolute atomic E-state index is 0.0503. The predicted molar refractivity (Wildman–Crippen MR) is 71.7 cm³/mol. The molecule has 1 aliphatic carbocycles. The van der Waals surface area contributed by atoms with E-state index >= 15 is 0 Å². The fraction of sp³-hybridized carbons (Fsp3) is 0.500. The van der Waals surface area contributed by atoms with E-state index in [1.165, 1.54) is 0 Å². The van der Waals surface area contributed by atoms with Crippen molar-refractivity contribution < 1.29 is 9.53 Å². The number of rotatable bonds is 5. The van der Waals surface area contributed by atoms with Gasteiger partial charge in [-0.05, 0) is 37.5 Å². The van der Waals surface area contributed by atoms with Crippen molar-refractivity contribution in [1.29, 1.82) is 0 Å². The molecule has 1 saturated carbocycles. The van der Waals surface area contributed by atoms with Gasteiger partial charge in [-0.3, -0.25) is 4.79 Å². The van der Waals surface area contributed by atoms with Crippen molar-refractivity contribution in [2.45, 2.75) is 32.7 Å². The van der Waals surface area contributed by atoms with Gasteiger partial charge in [0.1, 0.15) is 5.75 Å². The van der Waals surface area contributed by atoms with Crippen LogP contribution in [0.4, 0.5) is 5.69 Å².